The van der Waals surface area contributed by atoms with Crippen LogP contribution in [0.5, 0.6) is 5.75 Å². The van der Waals surface area contributed by atoms with Crippen LogP contribution >= 0.6 is 0 Å². The van der Waals surface area contributed by atoms with Crippen LogP contribution in [0.2, 0.25) is 0 Å². The van der Waals surface area contributed by atoms with Gasteiger partial charge in [-0.25, -0.2) is 13.6 Å². The summed E-state index contributed by atoms with van der Waals surface area (Å²) < 4.78 is 27.7. The smallest absolute Gasteiger partial charge is 0.241 e. The average molecular weight is 256 g/mol. The third-order valence-corrected chi connectivity index (χ3v) is 3.88. The van der Waals surface area contributed by atoms with E-state index in [1.54, 1.807) is 12.1 Å². The van der Waals surface area contributed by atoms with E-state index in [-0.39, 0.29) is 4.90 Å². The van der Waals surface area contributed by atoms with Gasteiger partial charge in [-0.15, -0.1) is 0 Å². The third-order valence-electron chi connectivity index (χ3n) is 2.92. The minimum atomic E-state index is -3.73. The van der Waals surface area contributed by atoms with Crippen molar-refractivity contribution in [3.63, 3.8) is 0 Å². The Balaban J connectivity index is 2.40. The fraction of sp³-hybridized carbons (Fsp3) is 0.455. The number of anilines is 1. The number of hydrogen-bond donors (Lipinski definition) is 1. The van der Waals surface area contributed by atoms with Gasteiger partial charge in [0, 0.05) is 24.8 Å². The molecule has 17 heavy (non-hydrogen) atoms. The van der Waals surface area contributed by atoms with Crippen LogP contribution in [-0.2, 0) is 10.0 Å². The highest BCUT2D eigenvalue weighted by molar-refractivity contribution is 7.89. The molecule has 0 bridgehead atoms. The summed E-state index contributed by atoms with van der Waals surface area (Å²) in [5.74, 6) is 0.303. The lowest BCUT2D eigenvalue weighted by molar-refractivity contribution is 0.403. The van der Waals surface area contributed by atoms with Crippen LogP contribution in [0.15, 0.2) is 23.1 Å². The largest absolute Gasteiger partial charge is 0.495 e. The topological polar surface area (TPSA) is 72.6 Å². The first-order chi connectivity index (χ1) is 8.02. The quantitative estimate of drug-likeness (QED) is 0.873. The van der Waals surface area contributed by atoms with Crippen molar-refractivity contribution in [1.82, 2.24) is 0 Å². The van der Waals surface area contributed by atoms with Gasteiger partial charge in [-0.05, 0) is 25.0 Å². The maximum absolute atomic E-state index is 11.3. The lowest BCUT2D eigenvalue weighted by Gasteiger charge is -2.19. The Morgan fingerprint density at radius 3 is 2.47 bits per heavy atom. The molecule has 0 atom stereocenters. The minimum Gasteiger partial charge on any atom is -0.495 e. The highest BCUT2D eigenvalue weighted by atomic mass is 32.2. The van der Waals surface area contributed by atoms with Gasteiger partial charge < -0.3 is 9.64 Å². The van der Waals surface area contributed by atoms with E-state index < -0.39 is 10.0 Å². The van der Waals surface area contributed by atoms with Gasteiger partial charge in [0.1, 0.15) is 10.6 Å². The Bertz CT molecular complexity index is 507. The van der Waals surface area contributed by atoms with Crippen molar-refractivity contribution < 1.29 is 13.2 Å². The molecule has 1 aromatic carbocycles. The van der Waals surface area contributed by atoms with E-state index in [2.05, 4.69) is 4.90 Å². The molecule has 1 heterocycles. The molecule has 0 aromatic heterocycles. The molecule has 5 nitrogen and oxygen atoms in total. The van der Waals surface area contributed by atoms with Gasteiger partial charge in [0.15, 0.2) is 0 Å². The molecule has 1 fully saturated rings. The SMILES string of the molecule is COc1cc(N2CCCC2)ccc1S(N)(=O)=O. The van der Waals surface area contributed by atoms with Crippen LogP contribution in [0.25, 0.3) is 0 Å². The normalized spacial score (nSPS) is 16.2. The predicted octanol–water partition coefficient (Wildman–Crippen LogP) is 0.943. The first-order valence-corrected chi connectivity index (χ1v) is 7.03. The van der Waals surface area contributed by atoms with E-state index in [0.29, 0.717) is 5.75 Å². The number of rotatable bonds is 3. The minimum absolute atomic E-state index is 0.0305. The van der Waals surface area contributed by atoms with Crippen LogP contribution in [0.1, 0.15) is 12.8 Å². The van der Waals surface area contributed by atoms with E-state index in [1.165, 1.54) is 26.0 Å². The average Bonchev–Trinajstić information content (AvgIpc) is 2.80. The lowest BCUT2D eigenvalue weighted by atomic mass is 10.3. The summed E-state index contributed by atoms with van der Waals surface area (Å²) in [5.41, 5.74) is 0.978. The highest BCUT2D eigenvalue weighted by Gasteiger charge is 2.18. The summed E-state index contributed by atoms with van der Waals surface area (Å²) in [7, 11) is -2.29. The number of methoxy groups -OCH3 is 1. The van der Waals surface area contributed by atoms with E-state index >= 15 is 0 Å². The first-order valence-electron chi connectivity index (χ1n) is 5.48. The summed E-state index contributed by atoms with van der Waals surface area (Å²) in [4.78, 5) is 2.23. The van der Waals surface area contributed by atoms with Crippen LogP contribution in [0.4, 0.5) is 5.69 Å². The summed E-state index contributed by atoms with van der Waals surface area (Å²) >= 11 is 0. The molecule has 2 N–H and O–H groups in total. The van der Waals surface area contributed by atoms with Crippen molar-refractivity contribution in [2.24, 2.45) is 5.14 Å². The fourth-order valence-corrected chi connectivity index (χ4v) is 2.74. The molecule has 0 radical (unpaired) electrons. The monoisotopic (exact) mass is 256 g/mol. The molecule has 1 aliphatic heterocycles. The molecule has 0 spiro atoms. The van der Waals surface area contributed by atoms with E-state index in [1.807, 2.05) is 0 Å². The molecule has 1 aliphatic rings. The third kappa shape index (κ3) is 2.53. The van der Waals surface area contributed by atoms with Gasteiger partial charge >= 0.3 is 0 Å². The number of benzene rings is 1. The zero-order valence-electron chi connectivity index (χ0n) is 9.72. The van der Waals surface area contributed by atoms with E-state index in [4.69, 9.17) is 9.88 Å². The van der Waals surface area contributed by atoms with Crippen LogP contribution in [-0.4, -0.2) is 28.6 Å². The lowest BCUT2D eigenvalue weighted by Crippen LogP contribution is -2.18. The van der Waals surface area contributed by atoms with Gasteiger partial charge in [-0.2, -0.15) is 0 Å². The zero-order chi connectivity index (χ0) is 12.5. The molecule has 0 saturated carbocycles. The summed E-state index contributed by atoms with van der Waals surface area (Å²) in [6, 6.07) is 5.00. The van der Waals surface area contributed by atoms with Gasteiger partial charge in [-0.3, -0.25) is 0 Å². The van der Waals surface area contributed by atoms with Gasteiger partial charge in [0.05, 0.1) is 7.11 Å². The zero-order valence-corrected chi connectivity index (χ0v) is 10.5. The molecular weight excluding hydrogens is 240 g/mol. The Morgan fingerprint density at radius 2 is 1.94 bits per heavy atom. The van der Waals surface area contributed by atoms with Crippen molar-refractivity contribution in [2.75, 3.05) is 25.1 Å². The standard InChI is InChI=1S/C11H16N2O3S/c1-16-10-8-9(13-6-2-3-7-13)4-5-11(10)17(12,14)15/h4-5,8H,2-3,6-7H2,1H3,(H2,12,14,15). The number of primary sulfonamides is 1. The van der Waals surface area contributed by atoms with Crippen molar-refractivity contribution in [1.29, 1.82) is 0 Å². The Hall–Kier alpha value is -1.27. The number of nitrogens with two attached hydrogens (primary N) is 1. The summed E-state index contributed by atoms with van der Waals surface area (Å²) in [5, 5.41) is 5.12. The Kier molecular flexibility index (Phi) is 3.26. The molecular formula is C11H16N2O3S. The van der Waals surface area contributed by atoms with E-state index in [0.717, 1.165) is 18.8 Å². The molecule has 1 aromatic rings. The molecule has 1 saturated heterocycles. The summed E-state index contributed by atoms with van der Waals surface area (Å²) in [6.07, 6.45) is 2.33. The van der Waals surface area contributed by atoms with Crippen molar-refractivity contribution in [3.05, 3.63) is 18.2 Å². The highest BCUT2D eigenvalue weighted by Crippen LogP contribution is 2.29. The number of nitrogens with zero attached hydrogens (tertiary/aromatic N) is 1. The van der Waals surface area contributed by atoms with Gasteiger partial charge in [0.2, 0.25) is 10.0 Å². The Labute approximate surface area is 101 Å². The second-order valence-electron chi connectivity index (χ2n) is 4.07. The van der Waals surface area contributed by atoms with Crippen molar-refractivity contribution in [2.45, 2.75) is 17.7 Å². The number of sulfonamides is 1. The maximum Gasteiger partial charge on any atom is 0.241 e. The molecule has 94 valence electrons. The molecule has 2 rings (SSSR count). The molecule has 0 unspecified atom stereocenters. The van der Waals surface area contributed by atoms with Gasteiger partial charge in [-0.1, -0.05) is 0 Å². The second kappa shape index (κ2) is 4.54. The summed E-state index contributed by atoms with van der Waals surface area (Å²) in [6.45, 7) is 2.00. The second-order valence-corrected chi connectivity index (χ2v) is 5.60. The first kappa shape index (κ1) is 12.2. The molecule has 0 amide bonds. The molecule has 0 aliphatic carbocycles. The number of ether oxygens (including phenoxy) is 1. The Morgan fingerprint density at radius 1 is 1.29 bits per heavy atom. The van der Waals surface area contributed by atoms with Crippen LogP contribution < -0.4 is 14.8 Å². The van der Waals surface area contributed by atoms with Gasteiger partial charge in [0.25, 0.3) is 0 Å². The maximum atomic E-state index is 11.3. The van der Waals surface area contributed by atoms with Crippen molar-refractivity contribution >= 4 is 15.7 Å². The van der Waals surface area contributed by atoms with Crippen LogP contribution in [0.3, 0.4) is 0 Å². The van der Waals surface area contributed by atoms with Crippen LogP contribution in [0, 0.1) is 0 Å². The van der Waals surface area contributed by atoms with E-state index in [9.17, 15) is 8.42 Å². The predicted molar refractivity (Wildman–Crippen MR) is 65.8 cm³/mol. The molecule has 6 heteroatoms. The fourth-order valence-electron chi connectivity index (χ4n) is 2.06. The van der Waals surface area contributed by atoms with Crippen molar-refractivity contribution in [3.8, 4) is 5.75 Å². The number of hydrogen-bond acceptors (Lipinski definition) is 4.